The highest BCUT2D eigenvalue weighted by Gasteiger charge is 2.39. The maximum atomic E-state index is 13.0. The number of likely N-dealkylation sites (N-methyl/N-ethyl adjacent to an activating group) is 1. The summed E-state index contributed by atoms with van der Waals surface area (Å²) in [7, 11) is 1.67. The molecule has 3 amide bonds. The van der Waals surface area contributed by atoms with Gasteiger partial charge in [0.15, 0.2) is 0 Å². The molecule has 0 radical (unpaired) electrons. The van der Waals surface area contributed by atoms with Gasteiger partial charge in [-0.05, 0) is 36.7 Å². The second-order valence-electron chi connectivity index (χ2n) is 8.49. The Labute approximate surface area is 168 Å². The molecule has 1 atom stereocenters. The summed E-state index contributed by atoms with van der Waals surface area (Å²) in [6.07, 6.45) is 1.82. The minimum Gasteiger partial charge on any atom is -0.383 e. The number of fused-ring (bicyclic) bond motifs is 3. The maximum Gasteiger partial charge on any atom is 0.257 e. The Morgan fingerprint density at radius 1 is 1.25 bits per heavy atom. The molecular weight excluding hydrogens is 378 g/mol. The van der Waals surface area contributed by atoms with Gasteiger partial charge in [0.05, 0.1) is 12.1 Å². The lowest BCUT2D eigenvalue weighted by atomic mass is 10.00. The van der Waals surface area contributed by atoms with Gasteiger partial charge in [-0.3, -0.25) is 14.4 Å². The number of anilines is 1. The molecule has 28 heavy (non-hydrogen) atoms. The maximum absolute atomic E-state index is 13.0. The van der Waals surface area contributed by atoms with Crippen LogP contribution in [0.5, 0.6) is 0 Å². The van der Waals surface area contributed by atoms with Gasteiger partial charge in [-0.1, -0.05) is 13.8 Å². The summed E-state index contributed by atoms with van der Waals surface area (Å²) in [5.41, 5.74) is 1.61. The van der Waals surface area contributed by atoms with Gasteiger partial charge >= 0.3 is 0 Å². The van der Waals surface area contributed by atoms with E-state index >= 15 is 0 Å². The standard InChI is InChI=1S/C20H27N3O4S/c1-11(2)17(25)19(27)22-7-6-13-14(9-22)28-20-16(13)18(26)21(3)10-15(24)23(20)8-12-4-5-12/h11-12,17,25H,4-10H2,1-3H3. The van der Waals surface area contributed by atoms with Crippen LogP contribution in [0.1, 0.15) is 47.5 Å². The van der Waals surface area contributed by atoms with Crippen LogP contribution in [0.2, 0.25) is 0 Å². The van der Waals surface area contributed by atoms with Gasteiger partial charge in [0.25, 0.3) is 11.8 Å². The Bertz CT molecular complexity index is 830. The smallest absolute Gasteiger partial charge is 0.257 e. The number of carbonyl (C=O) groups is 3. The lowest BCUT2D eigenvalue weighted by Gasteiger charge is -2.30. The molecule has 4 rings (SSSR count). The van der Waals surface area contributed by atoms with Crippen LogP contribution < -0.4 is 4.90 Å². The SMILES string of the molecule is CC(C)C(O)C(=O)N1CCc2c(sc3c2C(=O)N(C)CC(=O)N3CC2CC2)C1. The molecular formula is C20H27N3O4S. The summed E-state index contributed by atoms with van der Waals surface area (Å²) in [4.78, 5) is 44.3. The summed E-state index contributed by atoms with van der Waals surface area (Å²) in [5.74, 6) is -0.0347. The Kier molecular flexibility index (Phi) is 4.95. The fourth-order valence-corrected chi connectivity index (χ4v) is 5.25. The highest BCUT2D eigenvalue weighted by atomic mass is 32.1. The normalized spacial score (nSPS) is 21.0. The predicted octanol–water partition coefficient (Wildman–Crippen LogP) is 1.48. The van der Waals surface area contributed by atoms with E-state index in [0.717, 1.165) is 28.3 Å². The fraction of sp³-hybridized carbons (Fsp3) is 0.650. The van der Waals surface area contributed by atoms with E-state index < -0.39 is 6.10 Å². The number of thiophene rings is 1. The molecule has 7 nitrogen and oxygen atoms in total. The molecule has 1 aliphatic carbocycles. The van der Waals surface area contributed by atoms with Crippen LogP contribution >= 0.6 is 11.3 Å². The van der Waals surface area contributed by atoms with Crippen LogP contribution in [-0.4, -0.2) is 65.4 Å². The number of rotatable bonds is 4. The van der Waals surface area contributed by atoms with E-state index in [2.05, 4.69) is 0 Å². The third-order valence-corrected chi connectivity index (χ3v) is 7.09. The Morgan fingerprint density at radius 2 is 1.96 bits per heavy atom. The van der Waals surface area contributed by atoms with Crippen LogP contribution in [0.4, 0.5) is 5.00 Å². The van der Waals surface area contributed by atoms with Crippen molar-refractivity contribution in [3.8, 4) is 0 Å². The Balaban J connectivity index is 1.68. The van der Waals surface area contributed by atoms with Crippen molar-refractivity contribution in [2.24, 2.45) is 11.8 Å². The zero-order chi connectivity index (χ0) is 20.2. The summed E-state index contributed by atoms with van der Waals surface area (Å²) < 4.78 is 0. The lowest BCUT2D eigenvalue weighted by Crippen LogP contribution is -2.44. The average molecular weight is 406 g/mol. The zero-order valence-electron chi connectivity index (χ0n) is 16.6. The molecule has 1 unspecified atom stereocenters. The number of nitrogens with zero attached hydrogens (tertiary/aromatic N) is 3. The third-order valence-electron chi connectivity index (χ3n) is 5.85. The van der Waals surface area contributed by atoms with Gasteiger partial charge in [0.2, 0.25) is 5.91 Å². The molecule has 1 fully saturated rings. The molecule has 1 aromatic heterocycles. The van der Waals surface area contributed by atoms with Gasteiger partial charge in [0.1, 0.15) is 17.6 Å². The van der Waals surface area contributed by atoms with E-state index in [-0.39, 0.29) is 30.2 Å². The lowest BCUT2D eigenvalue weighted by molar-refractivity contribution is -0.143. The first kappa shape index (κ1) is 19.4. The van der Waals surface area contributed by atoms with E-state index in [4.69, 9.17) is 0 Å². The average Bonchev–Trinajstić information content (AvgIpc) is 3.42. The minimum atomic E-state index is -1.01. The summed E-state index contributed by atoms with van der Waals surface area (Å²) in [6.45, 7) is 5.28. The van der Waals surface area contributed by atoms with Crippen molar-refractivity contribution < 1.29 is 19.5 Å². The molecule has 1 saturated carbocycles. The van der Waals surface area contributed by atoms with Gasteiger partial charge < -0.3 is 19.8 Å². The fourth-order valence-electron chi connectivity index (χ4n) is 3.87. The zero-order valence-corrected chi connectivity index (χ0v) is 17.4. The summed E-state index contributed by atoms with van der Waals surface area (Å²) >= 11 is 1.46. The molecule has 2 aliphatic heterocycles. The van der Waals surface area contributed by atoms with Crippen molar-refractivity contribution in [1.29, 1.82) is 0 Å². The molecule has 3 aliphatic rings. The number of carbonyl (C=O) groups excluding carboxylic acids is 3. The Morgan fingerprint density at radius 3 is 2.61 bits per heavy atom. The van der Waals surface area contributed by atoms with E-state index in [1.807, 2.05) is 13.8 Å². The number of hydrogen-bond donors (Lipinski definition) is 1. The molecule has 1 N–H and O–H groups in total. The molecule has 0 saturated heterocycles. The van der Waals surface area contributed by atoms with Crippen molar-refractivity contribution in [3.63, 3.8) is 0 Å². The van der Waals surface area contributed by atoms with Crippen molar-refractivity contribution in [3.05, 3.63) is 16.0 Å². The van der Waals surface area contributed by atoms with E-state index in [1.165, 1.54) is 16.2 Å². The third kappa shape index (κ3) is 3.33. The van der Waals surface area contributed by atoms with Crippen molar-refractivity contribution >= 4 is 34.1 Å². The molecule has 8 heteroatoms. The number of aliphatic hydroxyl groups excluding tert-OH is 1. The van der Waals surface area contributed by atoms with Crippen LogP contribution in [0.15, 0.2) is 0 Å². The number of hydrogen-bond acceptors (Lipinski definition) is 5. The van der Waals surface area contributed by atoms with Crippen LogP contribution in [0, 0.1) is 11.8 Å². The van der Waals surface area contributed by atoms with Crippen molar-refractivity contribution in [2.75, 3.05) is 31.6 Å². The molecule has 0 aromatic carbocycles. The topological polar surface area (TPSA) is 81.2 Å². The van der Waals surface area contributed by atoms with Gasteiger partial charge in [-0.15, -0.1) is 11.3 Å². The predicted molar refractivity (Wildman–Crippen MR) is 106 cm³/mol. The second-order valence-corrected chi connectivity index (χ2v) is 9.58. The molecule has 0 bridgehead atoms. The highest BCUT2D eigenvalue weighted by molar-refractivity contribution is 7.17. The molecule has 1 aromatic rings. The monoisotopic (exact) mass is 405 g/mol. The minimum absolute atomic E-state index is 0.0386. The van der Waals surface area contributed by atoms with Gasteiger partial charge in [-0.2, -0.15) is 0 Å². The van der Waals surface area contributed by atoms with Crippen LogP contribution in [-0.2, 0) is 22.6 Å². The molecule has 152 valence electrons. The van der Waals surface area contributed by atoms with Crippen molar-refractivity contribution in [2.45, 2.75) is 45.8 Å². The summed E-state index contributed by atoms with van der Waals surface area (Å²) in [6, 6.07) is 0. The van der Waals surface area contributed by atoms with E-state index in [0.29, 0.717) is 37.5 Å². The van der Waals surface area contributed by atoms with Crippen molar-refractivity contribution in [1.82, 2.24) is 9.80 Å². The number of aliphatic hydroxyl groups is 1. The quantitative estimate of drug-likeness (QED) is 0.823. The first-order chi connectivity index (χ1) is 13.3. The first-order valence-electron chi connectivity index (χ1n) is 9.95. The molecule has 3 heterocycles. The van der Waals surface area contributed by atoms with E-state index in [9.17, 15) is 19.5 Å². The second kappa shape index (κ2) is 7.15. The van der Waals surface area contributed by atoms with Crippen LogP contribution in [0.3, 0.4) is 0 Å². The number of amides is 3. The van der Waals surface area contributed by atoms with Crippen LogP contribution in [0.25, 0.3) is 0 Å². The first-order valence-corrected chi connectivity index (χ1v) is 10.8. The summed E-state index contributed by atoms with van der Waals surface area (Å²) in [5, 5.41) is 10.9. The highest BCUT2D eigenvalue weighted by Crippen LogP contribution is 2.43. The van der Waals surface area contributed by atoms with Gasteiger partial charge in [0, 0.05) is 25.0 Å². The molecule has 0 spiro atoms. The largest absolute Gasteiger partial charge is 0.383 e. The van der Waals surface area contributed by atoms with Gasteiger partial charge in [-0.25, -0.2) is 0 Å². The van der Waals surface area contributed by atoms with E-state index in [1.54, 1.807) is 16.8 Å². The Hall–Kier alpha value is -1.93.